The SMILES string of the molecule is CC/C=C\CCC(CNC)[C@H]1C=CC=CC1. The van der Waals surface area contributed by atoms with Crippen molar-refractivity contribution in [1.29, 1.82) is 0 Å². The molecule has 0 bridgehead atoms. The summed E-state index contributed by atoms with van der Waals surface area (Å²) in [6.07, 6.45) is 18.5. The minimum Gasteiger partial charge on any atom is -0.319 e. The third-order valence-corrected chi connectivity index (χ3v) is 3.19. The number of nitrogens with one attached hydrogen (secondary N) is 1. The lowest BCUT2D eigenvalue weighted by Gasteiger charge is -2.24. The lowest BCUT2D eigenvalue weighted by molar-refractivity contribution is 0.360. The molecule has 0 aromatic carbocycles. The fraction of sp³-hybridized carbons (Fsp3) is 0.600. The normalized spacial score (nSPS) is 21.8. The van der Waals surface area contributed by atoms with Crippen LogP contribution in [0, 0.1) is 11.8 Å². The second-order valence-electron chi connectivity index (χ2n) is 4.49. The molecular formula is C15H25N. The van der Waals surface area contributed by atoms with Gasteiger partial charge in [-0.05, 0) is 51.1 Å². The van der Waals surface area contributed by atoms with Gasteiger partial charge in [0.05, 0.1) is 0 Å². The molecule has 1 aliphatic rings. The third kappa shape index (κ3) is 4.80. The number of hydrogen-bond donors (Lipinski definition) is 1. The van der Waals surface area contributed by atoms with E-state index in [0.717, 1.165) is 24.8 Å². The van der Waals surface area contributed by atoms with Crippen molar-refractivity contribution in [3.63, 3.8) is 0 Å². The summed E-state index contributed by atoms with van der Waals surface area (Å²) in [4.78, 5) is 0. The zero-order valence-corrected chi connectivity index (χ0v) is 10.7. The van der Waals surface area contributed by atoms with Crippen molar-refractivity contribution < 1.29 is 0 Å². The first kappa shape index (κ1) is 13.2. The Labute approximate surface area is 100 Å². The molecule has 1 heteroatoms. The summed E-state index contributed by atoms with van der Waals surface area (Å²) in [6.45, 7) is 3.32. The molecule has 16 heavy (non-hydrogen) atoms. The minimum absolute atomic E-state index is 0.729. The van der Waals surface area contributed by atoms with Crippen molar-refractivity contribution in [2.75, 3.05) is 13.6 Å². The van der Waals surface area contributed by atoms with Crippen LogP contribution in [0.25, 0.3) is 0 Å². The highest BCUT2D eigenvalue weighted by Gasteiger charge is 2.17. The second-order valence-corrected chi connectivity index (χ2v) is 4.49. The Morgan fingerprint density at radius 1 is 1.38 bits per heavy atom. The molecule has 1 unspecified atom stereocenters. The molecular weight excluding hydrogens is 194 g/mol. The van der Waals surface area contributed by atoms with Gasteiger partial charge in [-0.15, -0.1) is 0 Å². The monoisotopic (exact) mass is 219 g/mol. The van der Waals surface area contributed by atoms with Gasteiger partial charge in [-0.25, -0.2) is 0 Å². The van der Waals surface area contributed by atoms with Crippen molar-refractivity contribution in [3.05, 3.63) is 36.5 Å². The standard InChI is InChI=1S/C15H25N/c1-3-4-5-7-12-15(13-16-2)14-10-8-6-9-11-14/h4-6,8-10,14-16H,3,7,11-13H2,1-2H3/b5-4-/t14-,15?/m0/s1. The fourth-order valence-corrected chi connectivity index (χ4v) is 2.27. The summed E-state index contributed by atoms with van der Waals surface area (Å²) in [7, 11) is 2.05. The van der Waals surface area contributed by atoms with Crippen molar-refractivity contribution in [2.24, 2.45) is 11.8 Å². The van der Waals surface area contributed by atoms with Crippen LogP contribution in [-0.2, 0) is 0 Å². The molecule has 0 radical (unpaired) electrons. The summed E-state index contributed by atoms with van der Waals surface area (Å²) in [5, 5.41) is 3.32. The van der Waals surface area contributed by atoms with Gasteiger partial charge in [0.2, 0.25) is 0 Å². The molecule has 1 rings (SSSR count). The van der Waals surface area contributed by atoms with E-state index < -0.39 is 0 Å². The average molecular weight is 219 g/mol. The molecule has 0 aromatic rings. The highest BCUT2D eigenvalue weighted by Crippen LogP contribution is 2.25. The highest BCUT2D eigenvalue weighted by atomic mass is 14.8. The van der Waals surface area contributed by atoms with Crippen LogP contribution in [0.4, 0.5) is 0 Å². The average Bonchev–Trinajstić information content (AvgIpc) is 2.34. The first-order chi connectivity index (χ1) is 7.88. The van der Waals surface area contributed by atoms with Crippen LogP contribution in [0.1, 0.15) is 32.6 Å². The van der Waals surface area contributed by atoms with E-state index in [1.54, 1.807) is 0 Å². The third-order valence-electron chi connectivity index (χ3n) is 3.19. The molecule has 0 spiro atoms. The van der Waals surface area contributed by atoms with Crippen molar-refractivity contribution in [1.82, 2.24) is 5.32 Å². The predicted octanol–water partition coefficient (Wildman–Crippen LogP) is 3.70. The van der Waals surface area contributed by atoms with Crippen LogP contribution < -0.4 is 5.32 Å². The molecule has 1 N–H and O–H groups in total. The Kier molecular flexibility index (Phi) is 6.91. The first-order valence-corrected chi connectivity index (χ1v) is 6.51. The Hall–Kier alpha value is -0.820. The molecule has 1 aliphatic carbocycles. The maximum Gasteiger partial charge on any atom is -0.00177 e. The number of hydrogen-bond acceptors (Lipinski definition) is 1. The molecule has 0 amide bonds. The largest absolute Gasteiger partial charge is 0.319 e. The van der Waals surface area contributed by atoms with Crippen molar-refractivity contribution in [2.45, 2.75) is 32.6 Å². The van der Waals surface area contributed by atoms with Crippen LogP contribution in [0.2, 0.25) is 0 Å². The van der Waals surface area contributed by atoms with Gasteiger partial charge in [0, 0.05) is 0 Å². The van der Waals surface area contributed by atoms with E-state index in [4.69, 9.17) is 0 Å². The lowest BCUT2D eigenvalue weighted by Crippen LogP contribution is -2.25. The fourth-order valence-electron chi connectivity index (χ4n) is 2.27. The Morgan fingerprint density at radius 3 is 2.88 bits per heavy atom. The predicted molar refractivity (Wildman–Crippen MR) is 72.5 cm³/mol. The van der Waals surface area contributed by atoms with Gasteiger partial charge in [-0.3, -0.25) is 0 Å². The highest BCUT2D eigenvalue weighted by molar-refractivity contribution is 5.12. The van der Waals surface area contributed by atoms with E-state index in [9.17, 15) is 0 Å². The van der Waals surface area contributed by atoms with E-state index in [0.29, 0.717) is 0 Å². The maximum atomic E-state index is 3.32. The summed E-state index contributed by atoms with van der Waals surface area (Å²) in [5.74, 6) is 1.50. The summed E-state index contributed by atoms with van der Waals surface area (Å²) in [6, 6.07) is 0. The number of allylic oxidation sites excluding steroid dienone is 6. The smallest absolute Gasteiger partial charge is 0.00177 e. The van der Waals surface area contributed by atoms with Crippen molar-refractivity contribution in [3.8, 4) is 0 Å². The zero-order valence-electron chi connectivity index (χ0n) is 10.7. The Morgan fingerprint density at radius 2 is 2.25 bits per heavy atom. The Bertz CT molecular complexity index is 250. The second kappa shape index (κ2) is 8.35. The lowest BCUT2D eigenvalue weighted by atomic mass is 9.84. The van der Waals surface area contributed by atoms with Crippen molar-refractivity contribution >= 4 is 0 Å². The molecule has 0 aliphatic heterocycles. The van der Waals surface area contributed by atoms with Crippen LogP contribution in [0.3, 0.4) is 0 Å². The van der Waals surface area contributed by atoms with E-state index in [2.05, 4.69) is 55.7 Å². The summed E-state index contributed by atoms with van der Waals surface area (Å²) >= 11 is 0. The summed E-state index contributed by atoms with van der Waals surface area (Å²) in [5.41, 5.74) is 0. The molecule has 0 heterocycles. The van der Waals surface area contributed by atoms with Gasteiger partial charge in [-0.2, -0.15) is 0 Å². The van der Waals surface area contributed by atoms with Gasteiger partial charge >= 0.3 is 0 Å². The molecule has 1 nitrogen and oxygen atoms in total. The maximum absolute atomic E-state index is 3.32. The van der Waals surface area contributed by atoms with Gasteiger partial charge < -0.3 is 5.32 Å². The van der Waals surface area contributed by atoms with Gasteiger partial charge in [0.25, 0.3) is 0 Å². The summed E-state index contributed by atoms with van der Waals surface area (Å²) < 4.78 is 0. The minimum atomic E-state index is 0.729. The quantitative estimate of drug-likeness (QED) is 0.644. The molecule has 0 fully saturated rings. The zero-order chi connectivity index (χ0) is 11.6. The number of rotatable bonds is 7. The van der Waals surface area contributed by atoms with Gasteiger partial charge in [0.15, 0.2) is 0 Å². The Balaban J connectivity index is 2.37. The van der Waals surface area contributed by atoms with E-state index in [1.165, 1.54) is 19.3 Å². The van der Waals surface area contributed by atoms with E-state index >= 15 is 0 Å². The van der Waals surface area contributed by atoms with Crippen LogP contribution in [-0.4, -0.2) is 13.6 Å². The first-order valence-electron chi connectivity index (χ1n) is 6.51. The van der Waals surface area contributed by atoms with E-state index in [1.807, 2.05) is 0 Å². The molecule has 0 saturated heterocycles. The van der Waals surface area contributed by atoms with Crippen LogP contribution in [0.15, 0.2) is 36.5 Å². The molecule has 2 atom stereocenters. The molecule has 0 saturated carbocycles. The topological polar surface area (TPSA) is 12.0 Å². The molecule has 90 valence electrons. The van der Waals surface area contributed by atoms with Gasteiger partial charge in [0.1, 0.15) is 0 Å². The molecule has 0 aromatic heterocycles. The van der Waals surface area contributed by atoms with Gasteiger partial charge in [-0.1, -0.05) is 43.4 Å². The van der Waals surface area contributed by atoms with E-state index in [-0.39, 0.29) is 0 Å². The van der Waals surface area contributed by atoms with Crippen LogP contribution in [0.5, 0.6) is 0 Å². The van der Waals surface area contributed by atoms with Crippen LogP contribution >= 0.6 is 0 Å².